The number of para-hydroxylation sites is 1. The van der Waals surface area contributed by atoms with Gasteiger partial charge in [0.1, 0.15) is 0 Å². The molecular weight excluding hydrogens is 236 g/mol. The van der Waals surface area contributed by atoms with Crippen LogP contribution in [0.5, 0.6) is 0 Å². The lowest BCUT2D eigenvalue weighted by Gasteiger charge is -2.13. The molecule has 0 aliphatic rings. The normalized spacial score (nSPS) is 13.0. The average molecular weight is 260 g/mol. The van der Waals surface area contributed by atoms with E-state index in [1.807, 2.05) is 0 Å². The minimum atomic E-state index is 0.188. The molecule has 2 N–H and O–H groups in total. The molecule has 0 saturated heterocycles. The molecule has 0 saturated carbocycles. The zero-order valence-electron chi connectivity index (χ0n) is 11.9. The molecule has 1 aromatic heterocycles. The minimum absolute atomic E-state index is 0.188. The Bertz CT molecular complexity index is 514. The quantitative estimate of drug-likeness (QED) is 0.803. The summed E-state index contributed by atoms with van der Waals surface area (Å²) in [5, 5.41) is 14.0. The number of aryl methyl sites for hydroxylation is 1. The highest BCUT2D eigenvalue weighted by Crippen LogP contribution is 2.21. The van der Waals surface area contributed by atoms with Crippen molar-refractivity contribution in [2.75, 3.05) is 6.61 Å². The first-order valence-corrected chi connectivity index (χ1v) is 7.21. The molecule has 2 rings (SSSR count). The van der Waals surface area contributed by atoms with Crippen molar-refractivity contribution in [2.45, 2.75) is 45.8 Å². The first-order chi connectivity index (χ1) is 9.30. The first kappa shape index (κ1) is 14.1. The van der Waals surface area contributed by atoms with Crippen molar-refractivity contribution in [3.63, 3.8) is 0 Å². The summed E-state index contributed by atoms with van der Waals surface area (Å²) in [4.78, 5) is 0. The smallest absolute Gasteiger partial charge is 0.0584 e. The van der Waals surface area contributed by atoms with Crippen LogP contribution in [0, 0.1) is 0 Å². The molecule has 3 heteroatoms. The van der Waals surface area contributed by atoms with E-state index < -0.39 is 0 Å². The van der Waals surface area contributed by atoms with Crippen LogP contribution in [0.1, 0.15) is 32.3 Å². The average Bonchev–Trinajstić information content (AvgIpc) is 2.79. The Balaban J connectivity index is 2.22. The van der Waals surface area contributed by atoms with Gasteiger partial charge in [0, 0.05) is 36.2 Å². The van der Waals surface area contributed by atoms with E-state index in [9.17, 15) is 5.11 Å². The molecule has 0 amide bonds. The van der Waals surface area contributed by atoms with Crippen LogP contribution >= 0.6 is 0 Å². The van der Waals surface area contributed by atoms with E-state index in [0.717, 1.165) is 25.9 Å². The Hall–Kier alpha value is -1.32. The molecular formula is C16H24N2O. The van der Waals surface area contributed by atoms with Crippen molar-refractivity contribution in [1.29, 1.82) is 0 Å². The van der Waals surface area contributed by atoms with Gasteiger partial charge in [-0.1, -0.05) is 32.0 Å². The number of hydrogen-bond acceptors (Lipinski definition) is 2. The second-order valence-electron chi connectivity index (χ2n) is 5.03. The van der Waals surface area contributed by atoms with Crippen molar-refractivity contribution >= 4 is 10.9 Å². The maximum atomic E-state index is 9.24. The number of fused-ring (bicyclic) bond motifs is 1. The number of aliphatic hydroxyl groups is 1. The molecule has 0 fully saturated rings. The number of aliphatic hydroxyl groups excluding tert-OH is 1. The molecule has 0 unspecified atom stereocenters. The summed E-state index contributed by atoms with van der Waals surface area (Å²) < 4.78 is 2.33. The lowest BCUT2D eigenvalue weighted by molar-refractivity contribution is 0.238. The first-order valence-electron chi connectivity index (χ1n) is 7.21. The van der Waals surface area contributed by atoms with Gasteiger partial charge in [-0.2, -0.15) is 0 Å². The van der Waals surface area contributed by atoms with E-state index in [4.69, 9.17) is 0 Å². The summed E-state index contributed by atoms with van der Waals surface area (Å²) in [7, 11) is 0. The van der Waals surface area contributed by atoms with Gasteiger partial charge in [-0.05, 0) is 24.5 Å². The van der Waals surface area contributed by atoms with Crippen LogP contribution in [0.3, 0.4) is 0 Å². The predicted octanol–water partition coefficient (Wildman–Crippen LogP) is 2.91. The molecule has 104 valence electrons. The van der Waals surface area contributed by atoms with Gasteiger partial charge < -0.3 is 15.0 Å². The van der Waals surface area contributed by atoms with Crippen LogP contribution < -0.4 is 5.32 Å². The van der Waals surface area contributed by atoms with Crippen molar-refractivity contribution in [2.24, 2.45) is 0 Å². The summed E-state index contributed by atoms with van der Waals surface area (Å²) in [5.74, 6) is 0. The second kappa shape index (κ2) is 6.73. The van der Waals surface area contributed by atoms with Crippen LogP contribution in [0.2, 0.25) is 0 Å². The number of hydrogen-bond donors (Lipinski definition) is 2. The molecule has 0 aliphatic carbocycles. The topological polar surface area (TPSA) is 37.2 Å². The fourth-order valence-corrected chi connectivity index (χ4v) is 2.48. The Morgan fingerprint density at radius 1 is 1.26 bits per heavy atom. The van der Waals surface area contributed by atoms with Gasteiger partial charge in [-0.15, -0.1) is 0 Å². The van der Waals surface area contributed by atoms with E-state index in [2.05, 4.69) is 54.2 Å². The standard InChI is InChI=1S/C16H24N2O/c1-3-9-18-11-13(10-17-14(4-2)12-19)15-7-5-6-8-16(15)18/h5-8,11,14,17,19H,3-4,9-10,12H2,1-2H3/t14-/m1/s1. The van der Waals surface area contributed by atoms with E-state index in [0.29, 0.717) is 0 Å². The molecule has 1 atom stereocenters. The molecule has 0 bridgehead atoms. The molecule has 1 aromatic carbocycles. The fraction of sp³-hybridized carbons (Fsp3) is 0.500. The zero-order chi connectivity index (χ0) is 13.7. The molecule has 3 nitrogen and oxygen atoms in total. The Morgan fingerprint density at radius 3 is 2.74 bits per heavy atom. The highest BCUT2D eigenvalue weighted by atomic mass is 16.3. The van der Waals surface area contributed by atoms with Crippen molar-refractivity contribution in [1.82, 2.24) is 9.88 Å². The lowest BCUT2D eigenvalue weighted by atomic mass is 10.1. The Morgan fingerprint density at radius 2 is 2.05 bits per heavy atom. The monoisotopic (exact) mass is 260 g/mol. The third-order valence-corrected chi connectivity index (χ3v) is 3.63. The van der Waals surface area contributed by atoms with E-state index in [1.54, 1.807) is 0 Å². The zero-order valence-corrected chi connectivity index (χ0v) is 11.9. The third-order valence-electron chi connectivity index (χ3n) is 3.63. The Labute approximate surface area is 115 Å². The van der Waals surface area contributed by atoms with Crippen LogP contribution in [-0.4, -0.2) is 22.3 Å². The largest absolute Gasteiger partial charge is 0.395 e. The van der Waals surface area contributed by atoms with E-state index in [1.165, 1.54) is 16.5 Å². The van der Waals surface area contributed by atoms with Crippen molar-refractivity contribution in [3.8, 4) is 0 Å². The van der Waals surface area contributed by atoms with Gasteiger partial charge in [0.2, 0.25) is 0 Å². The fourth-order valence-electron chi connectivity index (χ4n) is 2.48. The van der Waals surface area contributed by atoms with E-state index in [-0.39, 0.29) is 12.6 Å². The molecule has 2 aromatic rings. The molecule has 0 radical (unpaired) electrons. The van der Waals surface area contributed by atoms with Crippen LogP contribution in [0.4, 0.5) is 0 Å². The summed E-state index contributed by atoms with van der Waals surface area (Å²) >= 11 is 0. The molecule has 1 heterocycles. The lowest BCUT2D eigenvalue weighted by Crippen LogP contribution is -2.31. The maximum Gasteiger partial charge on any atom is 0.0584 e. The SMILES string of the molecule is CCCn1cc(CN[C@H](CC)CO)c2ccccc21. The summed E-state index contributed by atoms with van der Waals surface area (Å²) in [6, 6.07) is 8.73. The Kier molecular flexibility index (Phi) is 5.00. The van der Waals surface area contributed by atoms with Gasteiger partial charge in [0.25, 0.3) is 0 Å². The van der Waals surface area contributed by atoms with Crippen LogP contribution in [-0.2, 0) is 13.1 Å². The van der Waals surface area contributed by atoms with Gasteiger partial charge >= 0.3 is 0 Å². The number of nitrogens with zero attached hydrogens (tertiary/aromatic N) is 1. The minimum Gasteiger partial charge on any atom is -0.395 e. The van der Waals surface area contributed by atoms with Crippen molar-refractivity contribution in [3.05, 3.63) is 36.0 Å². The van der Waals surface area contributed by atoms with Gasteiger partial charge in [-0.25, -0.2) is 0 Å². The number of aromatic nitrogens is 1. The van der Waals surface area contributed by atoms with Gasteiger partial charge in [0.05, 0.1) is 6.61 Å². The third kappa shape index (κ3) is 3.17. The molecule has 0 aliphatic heterocycles. The van der Waals surface area contributed by atoms with Gasteiger partial charge in [0.15, 0.2) is 0 Å². The summed E-state index contributed by atoms with van der Waals surface area (Å²) in [6.07, 6.45) is 4.33. The highest BCUT2D eigenvalue weighted by Gasteiger charge is 2.09. The summed E-state index contributed by atoms with van der Waals surface area (Å²) in [6.45, 7) is 6.36. The highest BCUT2D eigenvalue weighted by molar-refractivity contribution is 5.83. The molecule has 0 spiro atoms. The van der Waals surface area contributed by atoms with Crippen LogP contribution in [0.25, 0.3) is 10.9 Å². The van der Waals surface area contributed by atoms with Crippen molar-refractivity contribution < 1.29 is 5.11 Å². The number of nitrogens with one attached hydrogen (secondary N) is 1. The second-order valence-corrected chi connectivity index (χ2v) is 5.03. The molecule has 19 heavy (non-hydrogen) atoms. The summed E-state index contributed by atoms with van der Waals surface area (Å²) in [5.41, 5.74) is 2.62. The number of rotatable bonds is 7. The maximum absolute atomic E-state index is 9.24. The van der Waals surface area contributed by atoms with Gasteiger partial charge in [-0.3, -0.25) is 0 Å². The van der Waals surface area contributed by atoms with Crippen LogP contribution in [0.15, 0.2) is 30.5 Å². The van der Waals surface area contributed by atoms with E-state index >= 15 is 0 Å². The predicted molar refractivity (Wildman–Crippen MR) is 80.2 cm³/mol. The number of benzene rings is 1.